The molecule has 1 atom stereocenters. The molecule has 1 aliphatic carbocycles. The topological polar surface area (TPSA) is 41.1 Å². The van der Waals surface area contributed by atoms with Crippen LogP contribution in [0.3, 0.4) is 0 Å². The van der Waals surface area contributed by atoms with Gasteiger partial charge >= 0.3 is 0 Å². The summed E-state index contributed by atoms with van der Waals surface area (Å²) in [5, 5.41) is 6.62. The predicted molar refractivity (Wildman–Crippen MR) is 81.1 cm³/mol. The van der Waals surface area contributed by atoms with Gasteiger partial charge < -0.3 is 10.6 Å². The van der Waals surface area contributed by atoms with Crippen molar-refractivity contribution in [2.75, 3.05) is 0 Å². The van der Waals surface area contributed by atoms with Gasteiger partial charge in [0.2, 0.25) is 5.91 Å². The first kappa shape index (κ1) is 16.5. The number of carbonyl (C=O) groups is 1. The Balaban J connectivity index is 2.34. The minimum absolute atomic E-state index is 0.0770. The zero-order valence-corrected chi connectivity index (χ0v) is 13.4. The second-order valence-electron chi connectivity index (χ2n) is 6.85. The van der Waals surface area contributed by atoms with Gasteiger partial charge in [0.25, 0.3) is 0 Å². The number of rotatable bonds is 6. The fraction of sp³-hybridized carbons (Fsp3) is 0.938. The van der Waals surface area contributed by atoms with Crippen LogP contribution in [0.25, 0.3) is 0 Å². The van der Waals surface area contributed by atoms with E-state index >= 15 is 0 Å². The smallest absolute Gasteiger partial charge is 0.237 e. The maximum Gasteiger partial charge on any atom is 0.237 e. The molecular formula is C16H32N2O. The van der Waals surface area contributed by atoms with Crippen LogP contribution in [0.4, 0.5) is 0 Å². The number of hydrogen-bond donors (Lipinski definition) is 2. The lowest BCUT2D eigenvalue weighted by Gasteiger charge is -2.36. The van der Waals surface area contributed by atoms with Crippen LogP contribution in [0.5, 0.6) is 0 Å². The quantitative estimate of drug-likeness (QED) is 0.776. The van der Waals surface area contributed by atoms with E-state index in [9.17, 15) is 4.79 Å². The second kappa shape index (κ2) is 7.28. The summed E-state index contributed by atoms with van der Waals surface area (Å²) in [6.45, 7) is 10.9. The van der Waals surface area contributed by atoms with Crippen LogP contribution in [-0.2, 0) is 4.79 Å². The second-order valence-corrected chi connectivity index (χ2v) is 6.85. The molecule has 2 N–H and O–H groups in total. The van der Waals surface area contributed by atoms with Crippen LogP contribution in [0.15, 0.2) is 0 Å². The van der Waals surface area contributed by atoms with Gasteiger partial charge in [-0.15, -0.1) is 0 Å². The van der Waals surface area contributed by atoms with Crippen LogP contribution in [0.2, 0.25) is 0 Å². The van der Waals surface area contributed by atoms with Gasteiger partial charge in [-0.25, -0.2) is 0 Å². The van der Waals surface area contributed by atoms with Crippen molar-refractivity contribution in [3.05, 3.63) is 0 Å². The minimum atomic E-state index is -0.0770. The Morgan fingerprint density at radius 3 is 2.21 bits per heavy atom. The van der Waals surface area contributed by atoms with E-state index in [1.165, 1.54) is 25.7 Å². The largest absolute Gasteiger partial charge is 0.352 e. The molecule has 0 heterocycles. The summed E-state index contributed by atoms with van der Waals surface area (Å²) < 4.78 is 0. The number of hydrogen-bond acceptors (Lipinski definition) is 2. The molecule has 0 aromatic carbocycles. The number of nitrogens with one attached hydrogen (secondary N) is 2. The normalized spacial score (nSPS) is 21.4. The summed E-state index contributed by atoms with van der Waals surface area (Å²) in [6, 6.07) is 0.754. The zero-order chi connectivity index (χ0) is 14.5. The molecule has 0 bridgehead atoms. The van der Waals surface area contributed by atoms with Gasteiger partial charge in [0.05, 0.1) is 6.04 Å². The van der Waals surface area contributed by atoms with Gasteiger partial charge in [-0.2, -0.15) is 0 Å². The van der Waals surface area contributed by atoms with Crippen LogP contribution < -0.4 is 10.6 Å². The Hall–Kier alpha value is -0.570. The van der Waals surface area contributed by atoms with Gasteiger partial charge in [-0.1, -0.05) is 27.7 Å². The first-order valence-corrected chi connectivity index (χ1v) is 7.94. The van der Waals surface area contributed by atoms with Gasteiger partial charge in [-0.3, -0.25) is 4.79 Å². The third-order valence-corrected chi connectivity index (χ3v) is 4.55. The Morgan fingerprint density at radius 2 is 1.74 bits per heavy atom. The van der Waals surface area contributed by atoms with Crippen molar-refractivity contribution in [2.45, 2.75) is 91.3 Å². The van der Waals surface area contributed by atoms with Crippen molar-refractivity contribution in [1.29, 1.82) is 0 Å². The zero-order valence-electron chi connectivity index (χ0n) is 13.4. The summed E-state index contributed by atoms with van der Waals surface area (Å²) in [7, 11) is 0. The summed E-state index contributed by atoms with van der Waals surface area (Å²) in [4.78, 5) is 12.1. The molecule has 0 aromatic heterocycles. The van der Waals surface area contributed by atoms with Gasteiger partial charge in [0.1, 0.15) is 0 Å². The molecule has 112 valence electrons. The first-order valence-electron chi connectivity index (χ1n) is 7.94. The average Bonchev–Trinajstić information content (AvgIpc) is 2.38. The molecular weight excluding hydrogens is 236 g/mol. The van der Waals surface area contributed by atoms with E-state index in [4.69, 9.17) is 0 Å². The highest BCUT2D eigenvalue weighted by atomic mass is 16.2. The predicted octanol–water partition coefficient (Wildman–Crippen LogP) is 3.24. The molecule has 1 saturated carbocycles. The van der Waals surface area contributed by atoms with Crippen LogP contribution in [0, 0.1) is 5.41 Å². The lowest BCUT2D eigenvalue weighted by molar-refractivity contribution is -0.123. The Labute approximate surface area is 118 Å². The third-order valence-electron chi connectivity index (χ3n) is 4.55. The number of amides is 1. The maximum atomic E-state index is 12.1. The minimum Gasteiger partial charge on any atom is -0.352 e. The highest BCUT2D eigenvalue weighted by Crippen LogP contribution is 2.35. The monoisotopic (exact) mass is 268 g/mol. The van der Waals surface area contributed by atoms with Crippen LogP contribution >= 0.6 is 0 Å². The summed E-state index contributed by atoms with van der Waals surface area (Å²) in [5.41, 5.74) is 0.485. The number of carbonyl (C=O) groups excluding carboxylic acids is 1. The first-order chi connectivity index (χ1) is 8.88. The van der Waals surface area contributed by atoms with Gasteiger partial charge in [-0.05, 0) is 50.9 Å². The molecule has 0 aliphatic heterocycles. The molecule has 19 heavy (non-hydrogen) atoms. The molecule has 1 rings (SSSR count). The molecule has 0 spiro atoms. The Bertz CT molecular complexity index is 274. The average molecular weight is 268 g/mol. The summed E-state index contributed by atoms with van der Waals surface area (Å²) in [5.74, 6) is 0.151. The van der Waals surface area contributed by atoms with E-state index in [2.05, 4.69) is 38.3 Å². The van der Waals surface area contributed by atoms with Gasteiger partial charge in [0.15, 0.2) is 0 Å². The third kappa shape index (κ3) is 5.52. The SMILES string of the molecule is CCC(CC)NC(=O)C(C)NC1CCC(C)(C)CC1. The Kier molecular flexibility index (Phi) is 6.31. The van der Waals surface area contributed by atoms with E-state index < -0.39 is 0 Å². The molecule has 1 amide bonds. The van der Waals surface area contributed by atoms with E-state index in [0.717, 1.165) is 12.8 Å². The highest BCUT2D eigenvalue weighted by Gasteiger charge is 2.28. The van der Waals surface area contributed by atoms with Crippen LogP contribution in [0.1, 0.15) is 73.1 Å². The van der Waals surface area contributed by atoms with Gasteiger partial charge in [0, 0.05) is 12.1 Å². The summed E-state index contributed by atoms with van der Waals surface area (Å²) in [6.07, 6.45) is 6.90. The van der Waals surface area contributed by atoms with Crippen LogP contribution in [-0.4, -0.2) is 24.0 Å². The molecule has 3 heteroatoms. The lowest BCUT2D eigenvalue weighted by atomic mass is 9.75. The molecule has 0 aromatic rings. The standard InChI is InChI=1S/C16H32N2O/c1-6-13(7-2)18-15(19)12(3)17-14-8-10-16(4,5)11-9-14/h12-14,17H,6-11H2,1-5H3,(H,18,19). The Morgan fingerprint density at radius 1 is 1.21 bits per heavy atom. The van der Waals surface area contributed by atoms with Crippen molar-refractivity contribution in [3.8, 4) is 0 Å². The molecule has 0 saturated heterocycles. The van der Waals surface area contributed by atoms with E-state index in [0.29, 0.717) is 17.5 Å². The molecule has 1 unspecified atom stereocenters. The fourth-order valence-electron chi connectivity index (χ4n) is 2.81. The van der Waals surface area contributed by atoms with Crippen molar-refractivity contribution >= 4 is 5.91 Å². The summed E-state index contributed by atoms with van der Waals surface area (Å²) >= 11 is 0. The fourth-order valence-corrected chi connectivity index (χ4v) is 2.81. The molecule has 1 fully saturated rings. The van der Waals surface area contributed by atoms with Crippen molar-refractivity contribution in [1.82, 2.24) is 10.6 Å². The molecule has 3 nitrogen and oxygen atoms in total. The molecule has 0 radical (unpaired) electrons. The van der Waals surface area contributed by atoms with Crippen molar-refractivity contribution in [2.24, 2.45) is 5.41 Å². The van der Waals surface area contributed by atoms with Crippen molar-refractivity contribution in [3.63, 3.8) is 0 Å². The lowest BCUT2D eigenvalue weighted by Crippen LogP contribution is -2.50. The van der Waals surface area contributed by atoms with E-state index in [1.54, 1.807) is 0 Å². The molecule has 1 aliphatic rings. The highest BCUT2D eigenvalue weighted by molar-refractivity contribution is 5.81. The van der Waals surface area contributed by atoms with E-state index in [-0.39, 0.29) is 11.9 Å². The maximum absolute atomic E-state index is 12.1. The van der Waals surface area contributed by atoms with E-state index in [1.807, 2.05) is 6.92 Å². The van der Waals surface area contributed by atoms with Crippen molar-refractivity contribution < 1.29 is 4.79 Å².